The number of hydrogen-bond donors (Lipinski definition) is 1. The minimum atomic E-state index is -3.94. The third-order valence-electron chi connectivity index (χ3n) is 5.99. The molecule has 0 radical (unpaired) electrons. The lowest BCUT2D eigenvalue weighted by molar-refractivity contribution is -0.115. The van der Waals surface area contributed by atoms with Crippen molar-refractivity contribution in [2.24, 2.45) is 0 Å². The van der Waals surface area contributed by atoms with E-state index in [1.165, 1.54) is 12.1 Å². The third-order valence-corrected chi connectivity index (χ3v) is 7.36. The topological polar surface area (TPSA) is 89.5 Å². The van der Waals surface area contributed by atoms with E-state index in [-0.39, 0.29) is 34.2 Å². The van der Waals surface area contributed by atoms with E-state index in [4.69, 9.17) is 4.74 Å². The Morgan fingerprint density at radius 1 is 1.03 bits per heavy atom. The second-order valence-corrected chi connectivity index (χ2v) is 10.2. The molecule has 1 unspecified atom stereocenters. The third kappa shape index (κ3) is 5.52. The summed E-state index contributed by atoms with van der Waals surface area (Å²) < 4.78 is 33.9. The van der Waals surface area contributed by atoms with E-state index in [1.54, 1.807) is 36.4 Å². The van der Waals surface area contributed by atoms with Gasteiger partial charge in [-0.1, -0.05) is 49.4 Å². The molecule has 6 nitrogen and oxygen atoms in total. The summed E-state index contributed by atoms with van der Waals surface area (Å²) in [5, 5.41) is 0. The van der Waals surface area contributed by atoms with Gasteiger partial charge in [-0.15, -0.1) is 0 Å². The van der Waals surface area contributed by atoms with Crippen LogP contribution in [0.4, 0.5) is 5.69 Å². The Kier molecular flexibility index (Phi) is 7.17. The van der Waals surface area contributed by atoms with Crippen molar-refractivity contribution in [3.63, 3.8) is 0 Å². The Hall–Kier alpha value is -3.71. The molecule has 0 amide bonds. The molecule has 7 heteroatoms. The molecule has 0 spiro atoms. The van der Waals surface area contributed by atoms with Gasteiger partial charge in [-0.05, 0) is 66.8 Å². The Morgan fingerprint density at radius 3 is 2.43 bits per heavy atom. The van der Waals surface area contributed by atoms with Crippen molar-refractivity contribution in [2.75, 3.05) is 11.3 Å². The van der Waals surface area contributed by atoms with E-state index in [1.807, 2.05) is 44.2 Å². The van der Waals surface area contributed by atoms with Crippen LogP contribution in [0.15, 0.2) is 89.3 Å². The largest absolute Gasteiger partial charge is 0.494 e. The van der Waals surface area contributed by atoms with Gasteiger partial charge >= 0.3 is 0 Å². The highest BCUT2D eigenvalue weighted by Crippen LogP contribution is 2.28. The standard InChI is InChI=1S/C28H27NO5S/c1-3-34-23-13-11-22(12-14-23)29-35(32,33)24-15-9-21-10-16-25(28(31)26(21)18-24)27(30)17-19(2)20-7-5-4-6-8-20/h4-9,11-16,18-19,29H,3,10,17H2,1-2H3. The SMILES string of the molecule is CCOc1ccc(NS(=O)(=O)c2ccc3c(c2)C(=O)C(C(=O)CC(C)c2ccccc2)=CC3)cc1. The molecule has 0 saturated heterocycles. The molecule has 0 aliphatic heterocycles. The lowest BCUT2D eigenvalue weighted by Crippen LogP contribution is -2.21. The average Bonchev–Trinajstić information content (AvgIpc) is 2.85. The predicted molar refractivity (Wildman–Crippen MR) is 135 cm³/mol. The number of ketones is 2. The molecule has 0 bridgehead atoms. The zero-order valence-corrected chi connectivity index (χ0v) is 20.5. The summed E-state index contributed by atoms with van der Waals surface area (Å²) in [6, 6.07) is 20.7. The summed E-state index contributed by atoms with van der Waals surface area (Å²) >= 11 is 0. The number of carbonyl (C=O) groups excluding carboxylic acids is 2. The number of anilines is 1. The van der Waals surface area contributed by atoms with Gasteiger partial charge in [-0.2, -0.15) is 0 Å². The number of ether oxygens (including phenoxy) is 1. The lowest BCUT2D eigenvalue weighted by Gasteiger charge is -2.18. The second kappa shape index (κ2) is 10.3. The summed E-state index contributed by atoms with van der Waals surface area (Å²) in [6.07, 6.45) is 2.25. The number of sulfonamides is 1. The Morgan fingerprint density at radius 2 is 1.74 bits per heavy atom. The van der Waals surface area contributed by atoms with E-state index >= 15 is 0 Å². The van der Waals surface area contributed by atoms with Gasteiger partial charge in [0, 0.05) is 17.7 Å². The van der Waals surface area contributed by atoms with E-state index in [0.717, 1.165) is 5.56 Å². The van der Waals surface area contributed by atoms with E-state index in [0.29, 0.717) is 30.0 Å². The second-order valence-electron chi connectivity index (χ2n) is 8.47. The molecule has 0 aromatic heterocycles. The molecule has 1 atom stereocenters. The zero-order chi connectivity index (χ0) is 25.0. The molecular weight excluding hydrogens is 462 g/mol. The maximum Gasteiger partial charge on any atom is 0.261 e. The van der Waals surface area contributed by atoms with Crippen LogP contribution in [0.2, 0.25) is 0 Å². The first kappa shape index (κ1) is 24.4. The van der Waals surface area contributed by atoms with Crippen molar-refractivity contribution in [3.8, 4) is 5.75 Å². The predicted octanol–water partition coefficient (Wildman–Crippen LogP) is 5.31. The van der Waals surface area contributed by atoms with Gasteiger partial charge in [0.15, 0.2) is 11.6 Å². The van der Waals surface area contributed by atoms with Crippen LogP contribution in [0, 0.1) is 0 Å². The Labute approximate surface area is 205 Å². The molecule has 35 heavy (non-hydrogen) atoms. The van der Waals surface area contributed by atoms with Crippen LogP contribution in [0.3, 0.4) is 0 Å². The summed E-state index contributed by atoms with van der Waals surface area (Å²) in [5.74, 6) is -0.0726. The molecule has 180 valence electrons. The van der Waals surface area contributed by atoms with Gasteiger partial charge in [-0.25, -0.2) is 8.42 Å². The molecule has 3 aromatic carbocycles. The first-order valence-corrected chi connectivity index (χ1v) is 13.0. The normalized spacial score (nSPS) is 14.0. The fraction of sp³-hybridized carbons (Fsp3) is 0.214. The van der Waals surface area contributed by atoms with Crippen LogP contribution in [-0.4, -0.2) is 26.6 Å². The maximum absolute atomic E-state index is 13.2. The Balaban J connectivity index is 1.52. The molecule has 0 saturated carbocycles. The van der Waals surface area contributed by atoms with Crippen molar-refractivity contribution in [2.45, 2.75) is 37.5 Å². The number of benzene rings is 3. The van der Waals surface area contributed by atoms with Gasteiger partial charge in [-0.3, -0.25) is 14.3 Å². The first-order chi connectivity index (χ1) is 16.8. The maximum atomic E-state index is 13.2. The van der Waals surface area contributed by atoms with E-state index < -0.39 is 15.8 Å². The van der Waals surface area contributed by atoms with Gasteiger partial charge < -0.3 is 4.74 Å². The van der Waals surface area contributed by atoms with Crippen molar-refractivity contribution in [1.29, 1.82) is 0 Å². The number of carbonyl (C=O) groups is 2. The van der Waals surface area contributed by atoms with Crippen molar-refractivity contribution < 1.29 is 22.7 Å². The molecule has 1 N–H and O–H groups in total. The van der Waals surface area contributed by atoms with E-state index in [2.05, 4.69) is 4.72 Å². The number of rotatable bonds is 9. The van der Waals surface area contributed by atoms with Crippen LogP contribution >= 0.6 is 0 Å². The Bertz CT molecular complexity index is 1380. The number of Topliss-reactive ketones (excluding diaryl/α,β-unsaturated/α-hetero) is 2. The highest BCUT2D eigenvalue weighted by molar-refractivity contribution is 7.92. The van der Waals surface area contributed by atoms with Gasteiger partial charge in [0.2, 0.25) is 0 Å². The van der Waals surface area contributed by atoms with Crippen LogP contribution in [0.5, 0.6) is 5.75 Å². The first-order valence-electron chi connectivity index (χ1n) is 11.5. The molecule has 1 aliphatic carbocycles. The number of allylic oxidation sites excluding steroid dienone is 2. The molecular formula is C28H27NO5S. The quantitative estimate of drug-likeness (QED) is 0.411. The average molecular weight is 490 g/mol. The fourth-order valence-electron chi connectivity index (χ4n) is 4.09. The fourth-order valence-corrected chi connectivity index (χ4v) is 5.17. The van der Waals surface area contributed by atoms with E-state index in [9.17, 15) is 18.0 Å². The summed E-state index contributed by atoms with van der Waals surface area (Å²) in [7, 11) is -3.94. The summed E-state index contributed by atoms with van der Waals surface area (Å²) in [6.45, 7) is 4.33. The van der Waals surface area contributed by atoms with Crippen molar-refractivity contribution >= 4 is 27.3 Å². The molecule has 0 heterocycles. The van der Waals surface area contributed by atoms with Crippen LogP contribution in [0.1, 0.15) is 47.7 Å². The molecule has 1 aliphatic rings. The molecule has 0 fully saturated rings. The number of nitrogens with one attached hydrogen (secondary N) is 1. The monoisotopic (exact) mass is 489 g/mol. The lowest BCUT2D eigenvalue weighted by atomic mass is 9.85. The smallest absolute Gasteiger partial charge is 0.261 e. The highest BCUT2D eigenvalue weighted by Gasteiger charge is 2.28. The van der Waals surface area contributed by atoms with Gasteiger partial charge in [0.05, 0.1) is 17.1 Å². The van der Waals surface area contributed by atoms with Gasteiger partial charge in [0.25, 0.3) is 10.0 Å². The minimum absolute atomic E-state index is 0.0372. The van der Waals surface area contributed by atoms with Crippen molar-refractivity contribution in [3.05, 3.63) is 101 Å². The minimum Gasteiger partial charge on any atom is -0.494 e. The summed E-state index contributed by atoms with van der Waals surface area (Å²) in [5.41, 5.74) is 2.47. The van der Waals surface area contributed by atoms with Gasteiger partial charge in [0.1, 0.15) is 5.75 Å². The number of fused-ring (bicyclic) bond motifs is 1. The van der Waals surface area contributed by atoms with Crippen molar-refractivity contribution in [1.82, 2.24) is 0 Å². The van der Waals surface area contributed by atoms with Crippen LogP contribution in [-0.2, 0) is 21.2 Å². The van der Waals surface area contributed by atoms with Crippen LogP contribution in [0.25, 0.3) is 0 Å². The van der Waals surface area contributed by atoms with Crippen LogP contribution < -0.4 is 9.46 Å². The highest BCUT2D eigenvalue weighted by atomic mass is 32.2. The summed E-state index contributed by atoms with van der Waals surface area (Å²) in [4.78, 5) is 26.1. The molecule has 3 aromatic rings. The number of hydrogen-bond acceptors (Lipinski definition) is 5. The zero-order valence-electron chi connectivity index (χ0n) is 19.7. The molecule has 4 rings (SSSR count).